The van der Waals surface area contributed by atoms with Gasteiger partial charge in [-0.25, -0.2) is 0 Å². The molecule has 1 atom stereocenters. The molecule has 0 fully saturated rings. The van der Waals surface area contributed by atoms with Crippen molar-refractivity contribution in [1.29, 1.82) is 0 Å². The molecule has 2 radical (unpaired) electrons. The Balaban J connectivity index is -0.0000000480. The van der Waals surface area contributed by atoms with Crippen LogP contribution in [-0.4, -0.2) is 37.5 Å². The van der Waals surface area contributed by atoms with E-state index in [1.807, 2.05) is 0 Å². The van der Waals surface area contributed by atoms with Crippen LogP contribution in [0.15, 0.2) is 0 Å². The van der Waals surface area contributed by atoms with E-state index >= 15 is 0 Å². The zero-order valence-electron chi connectivity index (χ0n) is 3.54. The Morgan fingerprint density at radius 1 is 1.57 bits per heavy atom. The predicted octanol–water partition coefficient (Wildman–Crippen LogP) is -0.426. The monoisotopic (exact) mass is 295 g/mol. The van der Waals surface area contributed by atoms with Crippen LogP contribution in [0.4, 0.5) is 0 Å². The van der Waals surface area contributed by atoms with Crippen LogP contribution in [0.1, 0.15) is 0 Å². The Morgan fingerprint density at radius 2 is 1.57 bits per heavy atom. The van der Waals surface area contributed by atoms with E-state index in [1.165, 1.54) is 0 Å². The third-order valence-electron chi connectivity index (χ3n) is 0. The molecule has 0 spiro atoms. The minimum absolute atomic E-state index is 0. The molecule has 0 aliphatic carbocycles. The quantitative estimate of drug-likeness (QED) is 0.450. The van der Waals surface area contributed by atoms with E-state index in [-0.39, 0.29) is 17.0 Å². The van der Waals surface area contributed by atoms with E-state index < -0.39 is 11.1 Å². The van der Waals surface area contributed by atoms with E-state index in [4.69, 9.17) is 11.8 Å². The van der Waals surface area contributed by atoms with Gasteiger partial charge in [0.05, 0.1) is 0 Å². The van der Waals surface area contributed by atoms with Crippen LogP contribution >= 0.6 is 17.0 Å². The van der Waals surface area contributed by atoms with Gasteiger partial charge in [0.15, 0.2) is 0 Å². The minimum atomic E-state index is -1.86. The standard InChI is InChI=1S/CH4O2S.BrH.O.Sn/c1-4(2)3;;;/h1H3,(H,2,3);1H;;/p-1. The van der Waals surface area contributed by atoms with Crippen molar-refractivity contribution in [3.05, 3.63) is 0 Å². The van der Waals surface area contributed by atoms with Crippen molar-refractivity contribution in [2.75, 3.05) is 6.26 Å². The second kappa shape index (κ2) is 15.7. The van der Waals surface area contributed by atoms with Gasteiger partial charge in [0.25, 0.3) is 0 Å². The van der Waals surface area contributed by atoms with Gasteiger partial charge in [-0.2, -0.15) is 0 Å². The molecule has 44 valence electrons. The predicted molar refractivity (Wildman–Crippen MR) is 31.6 cm³/mol. The molecule has 0 aromatic carbocycles. The topological polar surface area (TPSA) is 57.2 Å². The van der Waals surface area contributed by atoms with Gasteiger partial charge in [0, 0.05) is 0 Å². The SMILES string of the molecule is Br.CS(=O)[O-].[O]=[Sn]. The molecule has 1 unspecified atom stereocenters. The van der Waals surface area contributed by atoms with Crippen molar-refractivity contribution >= 4 is 50.6 Å². The molecular formula is CH4BrO3SSn-. The molecule has 6 heteroatoms. The fourth-order valence-electron chi connectivity index (χ4n) is 0. The molecule has 7 heavy (non-hydrogen) atoms. The summed E-state index contributed by atoms with van der Waals surface area (Å²) in [6, 6.07) is 0. The van der Waals surface area contributed by atoms with Crippen molar-refractivity contribution in [2.24, 2.45) is 0 Å². The van der Waals surface area contributed by atoms with E-state index in [2.05, 4.69) is 0 Å². The van der Waals surface area contributed by atoms with Crippen molar-refractivity contribution in [2.45, 2.75) is 0 Å². The average molecular weight is 295 g/mol. The Hall–Kier alpha value is 1.19. The summed E-state index contributed by atoms with van der Waals surface area (Å²) in [7, 11) is 0. The summed E-state index contributed by atoms with van der Waals surface area (Å²) in [5.41, 5.74) is 0. The molecule has 0 aromatic heterocycles. The van der Waals surface area contributed by atoms with E-state index in [1.54, 1.807) is 0 Å². The van der Waals surface area contributed by atoms with Crippen LogP contribution in [0.3, 0.4) is 0 Å². The maximum absolute atomic E-state index is 9.00. The van der Waals surface area contributed by atoms with Gasteiger partial charge in [-0.1, -0.05) is 11.1 Å². The molecule has 0 bridgehead atoms. The molecule has 0 aliphatic heterocycles. The first-order valence-corrected chi connectivity index (χ1v) is 3.59. The Labute approximate surface area is 68.4 Å². The molecule has 0 saturated carbocycles. The Kier molecular flexibility index (Phi) is 35.2. The van der Waals surface area contributed by atoms with Gasteiger partial charge in [0.2, 0.25) is 0 Å². The van der Waals surface area contributed by atoms with Crippen LogP contribution in [-0.2, 0) is 14.2 Å². The molecule has 0 rings (SSSR count). The summed E-state index contributed by atoms with van der Waals surface area (Å²) >= 11 is -1.56. The number of hydrogen-bond donors (Lipinski definition) is 0. The number of halogens is 1. The van der Waals surface area contributed by atoms with Gasteiger partial charge >= 0.3 is 25.6 Å². The Bertz CT molecular complexity index is 46.2. The van der Waals surface area contributed by atoms with Crippen molar-refractivity contribution in [1.82, 2.24) is 0 Å². The average Bonchev–Trinajstić information content (AvgIpc) is 1.41. The van der Waals surface area contributed by atoms with Crippen LogP contribution < -0.4 is 0 Å². The van der Waals surface area contributed by atoms with Gasteiger partial charge in [-0.15, -0.1) is 17.0 Å². The second-order valence-corrected chi connectivity index (χ2v) is 1.20. The number of rotatable bonds is 0. The van der Waals surface area contributed by atoms with Crippen LogP contribution in [0.2, 0.25) is 0 Å². The maximum atomic E-state index is 9.00. The normalized spacial score (nSPS) is 9.43. The zero-order valence-corrected chi connectivity index (χ0v) is 8.92. The van der Waals surface area contributed by atoms with Crippen molar-refractivity contribution < 1.29 is 11.8 Å². The molecular weight excluding hydrogens is 291 g/mol. The first-order valence-electron chi connectivity index (χ1n) is 0.946. The van der Waals surface area contributed by atoms with E-state index in [0.717, 1.165) is 6.26 Å². The van der Waals surface area contributed by atoms with Crippen molar-refractivity contribution in [3.63, 3.8) is 0 Å². The summed E-state index contributed by atoms with van der Waals surface area (Å²) in [4.78, 5) is 0. The van der Waals surface area contributed by atoms with Crippen molar-refractivity contribution in [3.8, 4) is 0 Å². The van der Waals surface area contributed by atoms with Gasteiger partial charge in [-0.3, -0.25) is 4.21 Å². The molecule has 0 N–H and O–H groups in total. The van der Waals surface area contributed by atoms with Gasteiger partial charge in [0.1, 0.15) is 0 Å². The van der Waals surface area contributed by atoms with E-state index in [0.29, 0.717) is 22.5 Å². The second-order valence-electron chi connectivity index (χ2n) is 0.401. The number of hydrogen-bond acceptors (Lipinski definition) is 3. The summed E-state index contributed by atoms with van der Waals surface area (Å²) in [5.74, 6) is 0. The summed E-state index contributed by atoms with van der Waals surface area (Å²) < 4.78 is 26.3. The molecule has 3 nitrogen and oxygen atoms in total. The molecule has 0 amide bonds. The fourth-order valence-corrected chi connectivity index (χ4v) is 0. The van der Waals surface area contributed by atoms with Crippen LogP contribution in [0.25, 0.3) is 0 Å². The first-order chi connectivity index (χ1) is 2.73. The summed E-state index contributed by atoms with van der Waals surface area (Å²) in [5, 5.41) is 0. The molecule has 0 aromatic rings. The molecule has 0 saturated heterocycles. The molecule has 0 heterocycles. The Morgan fingerprint density at radius 3 is 1.57 bits per heavy atom. The first kappa shape index (κ1) is 15.7. The third kappa shape index (κ3) is 137. The zero-order chi connectivity index (χ0) is 5.58. The summed E-state index contributed by atoms with van der Waals surface area (Å²) in [6.07, 6.45) is 1.08. The fraction of sp³-hybridized carbons (Fsp3) is 1.00. The van der Waals surface area contributed by atoms with Crippen LogP contribution in [0.5, 0.6) is 0 Å². The van der Waals surface area contributed by atoms with Crippen LogP contribution in [0, 0.1) is 0 Å². The van der Waals surface area contributed by atoms with Gasteiger partial charge < -0.3 is 4.55 Å². The summed E-state index contributed by atoms with van der Waals surface area (Å²) in [6.45, 7) is 0. The van der Waals surface area contributed by atoms with Gasteiger partial charge in [-0.05, 0) is 6.26 Å². The molecule has 0 aliphatic rings. The van der Waals surface area contributed by atoms with E-state index in [9.17, 15) is 0 Å². The third-order valence-corrected chi connectivity index (χ3v) is 0.